The van der Waals surface area contributed by atoms with E-state index in [1.165, 1.54) is 0 Å². The van der Waals surface area contributed by atoms with Crippen LogP contribution in [0.5, 0.6) is 0 Å². The highest BCUT2D eigenvalue weighted by Crippen LogP contribution is 2.22. The first kappa shape index (κ1) is 18.9. The van der Waals surface area contributed by atoms with Crippen molar-refractivity contribution in [3.8, 4) is 0 Å². The Balaban J connectivity index is 4.64. The molecule has 0 aliphatic rings. The van der Waals surface area contributed by atoms with E-state index in [1.54, 1.807) is 6.92 Å². The summed E-state index contributed by atoms with van der Waals surface area (Å²) in [6, 6.07) is 0. The van der Waals surface area contributed by atoms with Gasteiger partial charge in [0.05, 0.1) is 12.4 Å². The molecule has 0 amide bonds. The van der Waals surface area contributed by atoms with Gasteiger partial charge >= 0.3 is 21.5 Å². The van der Waals surface area contributed by atoms with E-state index in [0.29, 0.717) is 22.7 Å². The van der Waals surface area contributed by atoms with E-state index in [9.17, 15) is 34.8 Å². The quantitative estimate of drug-likeness (QED) is 0.527. The van der Waals surface area contributed by atoms with Gasteiger partial charge in [0.1, 0.15) is 0 Å². The largest absolute Gasteiger partial charge is 0.512 e. The molecule has 0 radical (unpaired) electrons. The van der Waals surface area contributed by atoms with Crippen molar-refractivity contribution in [3.05, 3.63) is 12.2 Å². The lowest BCUT2D eigenvalue weighted by molar-refractivity contribution is -0.137. The van der Waals surface area contributed by atoms with E-state index >= 15 is 0 Å². The van der Waals surface area contributed by atoms with Gasteiger partial charge in [-0.15, -0.1) is 4.13 Å². The Morgan fingerprint density at radius 1 is 1.25 bits per heavy atom. The predicted octanol–water partition coefficient (Wildman–Crippen LogP) is 0.265. The number of ether oxygens (including phenoxy) is 1. The molecule has 0 heterocycles. The summed E-state index contributed by atoms with van der Waals surface area (Å²) >= 11 is 0. The lowest BCUT2D eigenvalue weighted by Gasteiger charge is -2.08. The monoisotopic (exact) mass is 339 g/mol. The SMILES string of the molecule is CCCOC(=O)C=CCS(=O)(=O)NS(=O)(=O)C(F)(F)F. The minimum atomic E-state index is -6.01. The molecule has 0 saturated heterocycles. The minimum Gasteiger partial charge on any atom is -0.463 e. The second-order valence-corrected chi connectivity index (χ2v) is 7.08. The van der Waals surface area contributed by atoms with Gasteiger partial charge < -0.3 is 4.74 Å². The molecule has 0 saturated carbocycles. The van der Waals surface area contributed by atoms with Gasteiger partial charge in [-0.1, -0.05) is 13.0 Å². The van der Waals surface area contributed by atoms with Crippen LogP contribution in [0.15, 0.2) is 12.2 Å². The molecule has 118 valence electrons. The van der Waals surface area contributed by atoms with E-state index in [4.69, 9.17) is 0 Å². The lowest BCUT2D eigenvalue weighted by Crippen LogP contribution is -2.40. The molecular weight excluding hydrogens is 327 g/mol. The summed E-state index contributed by atoms with van der Waals surface area (Å²) in [7, 11) is -10.8. The fourth-order valence-electron chi connectivity index (χ4n) is 0.770. The zero-order valence-corrected chi connectivity index (χ0v) is 11.8. The first-order chi connectivity index (χ1) is 8.91. The fraction of sp³-hybridized carbons (Fsp3) is 0.625. The molecule has 20 heavy (non-hydrogen) atoms. The van der Waals surface area contributed by atoms with Gasteiger partial charge in [-0.05, 0) is 6.42 Å². The summed E-state index contributed by atoms with van der Waals surface area (Å²) in [6.45, 7) is 1.81. The minimum absolute atomic E-state index is 0.0939. The van der Waals surface area contributed by atoms with Crippen LogP contribution in [0.2, 0.25) is 0 Å². The topological polar surface area (TPSA) is 107 Å². The van der Waals surface area contributed by atoms with Crippen molar-refractivity contribution in [3.63, 3.8) is 0 Å². The Morgan fingerprint density at radius 3 is 2.25 bits per heavy atom. The molecule has 0 bridgehead atoms. The number of carbonyl (C=O) groups excluding carboxylic acids is 1. The summed E-state index contributed by atoms with van der Waals surface area (Å²) in [6.07, 6.45) is 1.88. The smallest absolute Gasteiger partial charge is 0.463 e. The summed E-state index contributed by atoms with van der Waals surface area (Å²) in [5.74, 6) is -2.01. The molecule has 0 unspecified atom stereocenters. The molecule has 0 atom stereocenters. The van der Waals surface area contributed by atoms with Gasteiger partial charge in [-0.25, -0.2) is 21.6 Å². The normalized spacial score (nSPS) is 13.6. The Bertz CT molecular complexity index is 564. The molecule has 0 aromatic rings. The van der Waals surface area contributed by atoms with E-state index in [2.05, 4.69) is 4.74 Å². The average molecular weight is 339 g/mol. The Morgan fingerprint density at radius 2 is 1.80 bits per heavy atom. The van der Waals surface area contributed by atoms with Crippen LogP contribution < -0.4 is 4.13 Å². The number of alkyl halides is 3. The molecule has 0 aliphatic heterocycles. The molecule has 0 spiro atoms. The third-order valence-electron chi connectivity index (χ3n) is 1.56. The van der Waals surface area contributed by atoms with Crippen LogP contribution in [0.1, 0.15) is 13.3 Å². The molecule has 0 rings (SSSR count). The predicted molar refractivity (Wildman–Crippen MR) is 62.3 cm³/mol. The second kappa shape index (κ2) is 7.04. The summed E-state index contributed by atoms with van der Waals surface area (Å²) in [4.78, 5) is 10.9. The highest BCUT2D eigenvalue weighted by atomic mass is 32.3. The average Bonchev–Trinajstić information content (AvgIpc) is 2.22. The highest BCUT2D eigenvalue weighted by molar-refractivity contribution is 8.05. The fourth-order valence-corrected chi connectivity index (χ4v) is 3.11. The van der Waals surface area contributed by atoms with E-state index in [1.807, 2.05) is 0 Å². The van der Waals surface area contributed by atoms with E-state index < -0.39 is 37.3 Å². The maximum Gasteiger partial charge on any atom is 0.512 e. The van der Waals surface area contributed by atoms with E-state index in [0.717, 1.165) is 0 Å². The van der Waals surface area contributed by atoms with Crippen molar-refractivity contribution < 1.29 is 39.5 Å². The Labute approximate surface area is 113 Å². The molecule has 1 N–H and O–H groups in total. The number of hydrogen-bond acceptors (Lipinski definition) is 6. The summed E-state index contributed by atoms with van der Waals surface area (Å²) in [5.41, 5.74) is -5.75. The Hall–Kier alpha value is -1.14. The van der Waals surface area contributed by atoms with Gasteiger partial charge in [0.15, 0.2) is 0 Å². The summed E-state index contributed by atoms with van der Waals surface area (Å²) in [5, 5.41) is 0. The number of carbonyl (C=O) groups is 1. The van der Waals surface area contributed by atoms with Gasteiger partial charge in [0, 0.05) is 6.08 Å². The standard InChI is InChI=1S/C8H12F3NO6S2/c1-2-5-18-7(13)4-3-6-19(14,15)12-20(16,17)8(9,10)11/h3-4,12H,2,5-6H2,1H3. The van der Waals surface area contributed by atoms with Crippen molar-refractivity contribution in [2.75, 3.05) is 12.4 Å². The van der Waals surface area contributed by atoms with Crippen LogP contribution in [0, 0.1) is 0 Å². The first-order valence-electron chi connectivity index (χ1n) is 5.07. The number of sulfonamides is 2. The van der Waals surface area contributed by atoms with Crippen LogP contribution in [-0.4, -0.2) is 40.7 Å². The van der Waals surface area contributed by atoms with Crippen LogP contribution in [0.4, 0.5) is 13.2 Å². The number of nitrogens with one attached hydrogen (secondary N) is 1. The van der Waals surface area contributed by atoms with E-state index in [-0.39, 0.29) is 6.61 Å². The van der Waals surface area contributed by atoms with Crippen LogP contribution in [0.25, 0.3) is 0 Å². The van der Waals surface area contributed by atoms with Gasteiger partial charge in [0.2, 0.25) is 10.0 Å². The van der Waals surface area contributed by atoms with Crippen molar-refractivity contribution >= 4 is 26.0 Å². The van der Waals surface area contributed by atoms with Crippen molar-refractivity contribution in [1.82, 2.24) is 4.13 Å². The summed E-state index contributed by atoms with van der Waals surface area (Å²) < 4.78 is 84.2. The maximum atomic E-state index is 11.9. The first-order valence-corrected chi connectivity index (χ1v) is 8.20. The number of rotatable bonds is 7. The number of hydrogen-bond donors (Lipinski definition) is 1. The molecule has 7 nitrogen and oxygen atoms in total. The zero-order valence-electron chi connectivity index (χ0n) is 10.2. The zero-order chi connectivity index (χ0) is 16.0. The molecule has 0 aromatic heterocycles. The van der Waals surface area contributed by atoms with Crippen LogP contribution >= 0.6 is 0 Å². The maximum absolute atomic E-state index is 11.9. The van der Waals surface area contributed by atoms with Crippen LogP contribution in [0.3, 0.4) is 0 Å². The Kier molecular flexibility index (Phi) is 6.64. The molecule has 0 aromatic carbocycles. The molecule has 0 fully saturated rings. The molecule has 0 aliphatic carbocycles. The third-order valence-corrected chi connectivity index (χ3v) is 4.69. The lowest BCUT2D eigenvalue weighted by atomic mass is 10.5. The number of halogens is 3. The third kappa shape index (κ3) is 6.86. The van der Waals surface area contributed by atoms with Gasteiger partial charge in [-0.2, -0.15) is 13.2 Å². The van der Waals surface area contributed by atoms with Crippen molar-refractivity contribution in [2.24, 2.45) is 0 Å². The highest BCUT2D eigenvalue weighted by Gasteiger charge is 2.48. The molecule has 12 heteroatoms. The van der Waals surface area contributed by atoms with Crippen molar-refractivity contribution in [2.45, 2.75) is 18.9 Å². The second-order valence-electron chi connectivity index (χ2n) is 3.38. The van der Waals surface area contributed by atoms with Gasteiger partial charge in [0.25, 0.3) is 0 Å². The number of esters is 1. The molecular formula is C8H12F3NO6S2. The van der Waals surface area contributed by atoms with Crippen molar-refractivity contribution in [1.29, 1.82) is 0 Å². The van der Waals surface area contributed by atoms with Crippen LogP contribution in [-0.2, 0) is 29.6 Å². The van der Waals surface area contributed by atoms with Gasteiger partial charge in [-0.3, -0.25) is 0 Å².